The van der Waals surface area contributed by atoms with Crippen molar-refractivity contribution in [2.75, 3.05) is 0 Å². The van der Waals surface area contributed by atoms with Gasteiger partial charge in [0.25, 0.3) is 5.56 Å². The van der Waals surface area contributed by atoms with Crippen molar-refractivity contribution in [1.82, 2.24) is 9.55 Å². The van der Waals surface area contributed by atoms with Gasteiger partial charge >= 0.3 is 5.69 Å². The number of hydrogen-bond donors (Lipinski definition) is 1. The molecule has 1 rings (SSSR count). The second kappa shape index (κ2) is 3.76. The number of H-pyrrole nitrogens is 1. The molecule has 0 saturated carbocycles. The lowest BCUT2D eigenvalue weighted by Gasteiger charge is -2.00. The van der Waals surface area contributed by atoms with E-state index in [1.165, 1.54) is 6.20 Å². The molecule has 0 aromatic carbocycles. The molecule has 13 heavy (non-hydrogen) atoms. The van der Waals surface area contributed by atoms with Crippen molar-refractivity contribution in [3.05, 3.63) is 32.6 Å². The molecule has 1 aromatic heterocycles. The van der Waals surface area contributed by atoms with Crippen LogP contribution in [0.1, 0.15) is 12.5 Å². The average molecular weight is 178 g/mol. The van der Waals surface area contributed by atoms with Gasteiger partial charge < -0.3 is 4.98 Å². The first-order chi connectivity index (χ1) is 6.20. The summed E-state index contributed by atoms with van der Waals surface area (Å²) >= 11 is 0. The number of nitrogens with zero attached hydrogens (tertiary/aromatic N) is 1. The summed E-state index contributed by atoms with van der Waals surface area (Å²) in [4.78, 5) is 25.0. The van der Waals surface area contributed by atoms with Crippen LogP contribution >= 0.6 is 0 Å². The highest BCUT2D eigenvalue weighted by Gasteiger charge is 2.03. The highest BCUT2D eigenvalue weighted by atomic mass is 16.2. The second-order valence-electron chi connectivity index (χ2n) is 2.57. The molecule has 68 valence electrons. The molecule has 0 atom stereocenters. The summed E-state index contributed by atoms with van der Waals surface area (Å²) < 4.78 is 1.01. The van der Waals surface area contributed by atoms with Crippen molar-refractivity contribution in [3.63, 3.8) is 0 Å². The second-order valence-corrected chi connectivity index (χ2v) is 2.57. The summed E-state index contributed by atoms with van der Waals surface area (Å²) in [6.45, 7) is 1.86. The van der Waals surface area contributed by atoms with Gasteiger partial charge in [0, 0.05) is 11.8 Å². The molecule has 0 aliphatic carbocycles. The van der Waals surface area contributed by atoms with Gasteiger partial charge in [-0.05, 0) is 6.42 Å². The van der Waals surface area contributed by atoms with Crippen LogP contribution in [-0.2, 0) is 13.0 Å². The molecule has 1 heterocycles. The van der Waals surface area contributed by atoms with Crippen LogP contribution in [-0.4, -0.2) is 9.55 Å². The largest absolute Gasteiger partial charge is 0.329 e. The van der Waals surface area contributed by atoms with E-state index < -0.39 is 5.69 Å². The number of nitrogens with one attached hydrogen (secondary N) is 1. The van der Waals surface area contributed by atoms with Crippen LogP contribution in [0.2, 0.25) is 0 Å². The van der Waals surface area contributed by atoms with Crippen molar-refractivity contribution in [1.29, 1.82) is 0 Å². The van der Waals surface area contributed by atoms with Crippen molar-refractivity contribution in [2.45, 2.75) is 19.9 Å². The summed E-state index contributed by atoms with van der Waals surface area (Å²) in [6, 6.07) is 0. The van der Waals surface area contributed by atoms with Gasteiger partial charge in [-0.1, -0.05) is 12.8 Å². The quantitative estimate of drug-likeness (QED) is 0.634. The lowest BCUT2D eigenvalue weighted by Crippen LogP contribution is -2.36. The zero-order chi connectivity index (χ0) is 9.84. The lowest BCUT2D eigenvalue weighted by molar-refractivity contribution is 0.711. The Balaban J connectivity index is 3.41. The van der Waals surface area contributed by atoms with E-state index >= 15 is 0 Å². The first kappa shape index (κ1) is 9.33. The molecule has 4 nitrogen and oxygen atoms in total. The Bertz CT molecular complexity index is 448. The standard InChI is InChI=1S/C9H10N2O2/c1-3-5-11-8(12)7(4-2)6-10-9(11)13/h1,6H,4-5H2,2H3,(H,10,13). The maximum absolute atomic E-state index is 11.5. The molecule has 0 aliphatic rings. The Morgan fingerprint density at radius 1 is 1.62 bits per heavy atom. The molecule has 0 aliphatic heterocycles. The third-order valence-corrected chi connectivity index (χ3v) is 1.77. The van der Waals surface area contributed by atoms with Crippen molar-refractivity contribution >= 4 is 0 Å². The molecular weight excluding hydrogens is 168 g/mol. The van der Waals surface area contributed by atoms with Crippen LogP contribution in [0.5, 0.6) is 0 Å². The number of aryl methyl sites for hydroxylation is 1. The van der Waals surface area contributed by atoms with Gasteiger partial charge in [-0.2, -0.15) is 0 Å². The maximum Gasteiger partial charge on any atom is 0.329 e. The van der Waals surface area contributed by atoms with E-state index in [0.717, 1.165) is 4.57 Å². The average Bonchev–Trinajstić information content (AvgIpc) is 2.12. The van der Waals surface area contributed by atoms with Crippen molar-refractivity contribution < 1.29 is 0 Å². The smallest absolute Gasteiger partial charge is 0.314 e. The zero-order valence-electron chi connectivity index (χ0n) is 7.33. The van der Waals surface area contributed by atoms with E-state index in [1.54, 1.807) is 0 Å². The van der Waals surface area contributed by atoms with Crippen LogP contribution in [0.15, 0.2) is 15.8 Å². The summed E-state index contributed by atoms with van der Waals surface area (Å²) in [5.74, 6) is 2.26. The third kappa shape index (κ3) is 1.70. The number of aromatic nitrogens is 2. The van der Waals surface area contributed by atoms with Crippen molar-refractivity contribution in [3.8, 4) is 12.3 Å². The van der Waals surface area contributed by atoms with E-state index in [-0.39, 0.29) is 12.1 Å². The van der Waals surface area contributed by atoms with Gasteiger partial charge in [-0.25, -0.2) is 9.36 Å². The fourth-order valence-corrected chi connectivity index (χ4v) is 1.04. The minimum atomic E-state index is -0.458. The first-order valence-corrected chi connectivity index (χ1v) is 3.95. The normalized spacial score (nSPS) is 9.54. The molecular formula is C9H10N2O2. The molecule has 0 unspecified atom stereocenters. The van der Waals surface area contributed by atoms with Gasteiger partial charge in [0.2, 0.25) is 0 Å². The predicted molar refractivity (Wildman–Crippen MR) is 49.5 cm³/mol. The van der Waals surface area contributed by atoms with Gasteiger partial charge in [0.1, 0.15) is 0 Å². The third-order valence-electron chi connectivity index (χ3n) is 1.77. The van der Waals surface area contributed by atoms with E-state index in [1.807, 2.05) is 6.92 Å². The van der Waals surface area contributed by atoms with E-state index in [2.05, 4.69) is 10.9 Å². The van der Waals surface area contributed by atoms with Gasteiger partial charge in [-0.3, -0.25) is 4.79 Å². The van der Waals surface area contributed by atoms with Gasteiger partial charge in [0.05, 0.1) is 6.54 Å². The van der Waals surface area contributed by atoms with Crippen molar-refractivity contribution in [2.24, 2.45) is 0 Å². The number of rotatable bonds is 2. The molecule has 0 fully saturated rings. The van der Waals surface area contributed by atoms with Crippen LogP contribution in [0, 0.1) is 12.3 Å². The van der Waals surface area contributed by atoms with E-state index in [4.69, 9.17) is 6.42 Å². The molecule has 0 saturated heterocycles. The lowest BCUT2D eigenvalue weighted by atomic mass is 10.3. The fourth-order valence-electron chi connectivity index (χ4n) is 1.04. The topological polar surface area (TPSA) is 54.9 Å². The molecule has 1 aromatic rings. The van der Waals surface area contributed by atoms with Crippen LogP contribution in [0.4, 0.5) is 0 Å². The Hall–Kier alpha value is -1.76. The first-order valence-electron chi connectivity index (χ1n) is 3.95. The number of hydrogen-bond acceptors (Lipinski definition) is 2. The molecule has 0 spiro atoms. The molecule has 0 amide bonds. The minimum absolute atomic E-state index is 0.0159. The highest BCUT2D eigenvalue weighted by Crippen LogP contribution is 1.85. The highest BCUT2D eigenvalue weighted by molar-refractivity contribution is 5.05. The maximum atomic E-state index is 11.5. The predicted octanol–water partition coefficient (Wildman–Crippen LogP) is -0.268. The Morgan fingerprint density at radius 2 is 2.31 bits per heavy atom. The summed E-state index contributed by atoms with van der Waals surface area (Å²) in [6.07, 6.45) is 7.04. The van der Waals surface area contributed by atoms with E-state index in [0.29, 0.717) is 12.0 Å². The van der Waals surface area contributed by atoms with Crippen LogP contribution in [0.3, 0.4) is 0 Å². The number of terminal acetylenes is 1. The monoisotopic (exact) mass is 178 g/mol. The molecule has 4 heteroatoms. The van der Waals surface area contributed by atoms with Gasteiger partial charge in [0.15, 0.2) is 0 Å². The van der Waals surface area contributed by atoms with Crippen LogP contribution < -0.4 is 11.2 Å². The summed E-state index contributed by atoms with van der Waals surface area (Å²) in [5, 5.41) is 0. The Labute approximate surface area is 75.2 Å². The van der Waals surface area contributed by atoms with Crippen LogP contribution in [0.25, 0.3) is 0 Å². The fraction of sp³-hybridized carbons (Fsp3) is 0.333. The number of aromatic amines is 1. The Kier molecular flexibility index (Phi) is 2.70. The molecule has 0 bridgehead atoms. The zero-order valence-corrected chi connectivity index (χ0v) is 7.33. The van der Waals surface area contributed by atoms with Gasteiger partial charge in [-0.15, -0.1) is 6.42 Å². The SMILES string of the molecule is C#CCn1c(=O)[nH]cc(CC)c1=O. The minimum Gasteiger partial charge on any atom is -0.314 e. The summed E-state index contributed by atoms with van der Waals surface area (Å²) in [5.41, 5.74) is -0.195. The Morgan fingerprint density at radius 3 is 2.85 bits per heavy atom. The summed E-state index contributed by atoms with van der Waals surface area (Å²) in [7, 11) is 0. The molecule has 1 N–H and O–H groups in total. The van der Waals surface area contributed by atoms with E-state index in [9.17, 15) is 9.59 Å². The molecule has 0 radical (unpaired) electrons.